The molecule has 2 heterocycles. The van der Waals surface area contributed by atoms with Crippen LogP contribution in [0, 0.1) is 0 Å². The first kappa shape index (κ1) is 11.1. The molecule has 0 aromatic carbocycles. The Morgan fingerprint density at radius 2 is 2.24 bits per heavy atom. The molecule has 0 radical (unpaired) electrons. The number of nitrogens with one attached hydrogen (secondary N) is 1. The maximum absolute atomic E-state index is 10.8. The molecule has 0 saturated heterocycles. The Labute approximate surface area is 97.6 Å². The van der Waals surface area contributed by atoms with Gasteiger partial charge in [-0.3, -0.25) is 9.48 Å². The summed E-state index contributed by atoms with van der Waals surface area (Å²) in [5, 5.41) is 14.8. The molecule has 2 aromatic rings. The van der Waals surface area contributed by atoms with Crippen molar-refractivity contribution >= 4 is 11.7 Å². The molecule has 0 aliphatic heterocycles. The van der Waals surface area contributed by atoms with Crippen molar-refractivity contribution in [1.82, 2.24) is 20.0 Å². The minimum Gasteiger partial charge on any atom is -0.364 e. The van der Waals surface area contributed by atoms with E-state index >= 15 is 0 Å². The Morgan fingerprint density at radius 3 is 2.76 bits per heavy atom. The third-order valence-corrected chi connectivity index (χ3v) is 2.14. The van der Waals surface area contributed by atoms with Crippen molar-refractivity contribution in [1.29, 1.82) is 0 Å². The molecular weight excluding hydrogens is 220 g/mol. The van der Waals surface area contributed by atoms with E-state index in [1.807, 2.05) is 19.3 Å². The number of anilines is 1. The summed E-state index contributed by atoms with van der Waals surface area (Å²) in [6, 6.07) is 5.07. The number of carbonyl (C=O) groups is 1. The molecule has 17 heavy (non-hydrogen) atoms. The first-order valence-electron chi connectivity index (χ1n) is 5.01. The first-order valence-corrected chi connectivity index (χ1v) is 5.01. The van der Waals surface area contributed by atoms with Crippen LogP contribution in [0.1, 0.15) is 16.2 Å². The van der Waals surface area contributed by atoms with Crippen molar-refractivity contribution in [2.45, 2.75) is 6.54 Å². The third kappa shape index (κ3) is 2.77. The van der Waals surface area contributed by atoms with Crippen LogP contribution in [0.5, 0.6) is 0 Å². The minimum atomic E-state index is -0.589. The van der Waals surface area contributed by atoms with Crippen LogP contribution in [0.15, 0.2) is 24.4 Å². The molecule has 3 N–H and O–H groups in total. The number of nitrogens with zero attached hydrogens (tertiary/aromatic N) is 4. The molecule has 0 spiro atoms. The monoisotopic (exact) mass is 232 g/mol. The Hall–Kier alpha value is -2.44. The van der Waals surface area contributed by atoms with E-state index in [2.05, 4.69) is 20.6 Å². The lowest BCUT2D eigenvalue weighted by Gasteiger charge is -2.02. The lowest BCUT2D eigenvalue weighted by Crippen LogP contribution is -2.14. The Bertz CT molecular complexity index is 518. The van der Waals surface area contributed by atoms with Crippen LogP contribution in [0.3, 0.4) is 0 Å². The van der Waals surface area contributed by atoms with Gasteiger partial charge in [-0.05, 0) is 18.2 Å². The van der Waals surface area contributed by atoms with Gasteiger partial charge in [-0.2, -0.15) is 5.10 Å². The summed E-state index contributed by atoms with van der Waals surface area (Å²) in [5.74, 6) is -0.0190. The van der Waals surface area contributed by atoms with E-state index < -0.39 is 5.91 Å². The summed E-state index contributed by atoms with van der Waals surface area (Å²) in [6.45, 7) is 0.547. The molecule has 0 unspecified atom stereocenters. The SMILES string of the molecule is Cn1ccc(CNc2ccc(C(N)=O)nn2)n1. The highest BCUT2D eigenvalue weighted by Gasteiger charge is 2.03. The summed E-state index contributed by atoms with van der Waals surface area (Å²) >= 11 is 0. The van der Waals surface area contributed by atoms with Crippen molar-refractivity contribution in [3.8, 4) is 0 Å². The van der Waals surface area contributed by atoms with E-state index in [0.29, 0.717) is 12.4 Å². The third-order valence-electron chi connectivity index (χ3n) is 2.14. The first-order chi connectivity index (χ1) is 8.15. The van der Waals surface area contributed by atoms with Crippen LogP contribution < -0.4 is 11.1 Å². The fourth-order valence-electron chi connectivity index (χ4n) is 1.30. The minimum absolute atomic E-state index is 0.147. The summed E-state index contributed by atoms with van der Waals surface area (Å²) in [4.78, 5) is 10.8. The summed E-state index contributed by atoms with van der Waals surface area (Å²) in [5.41, 5.74) is 6.10. The Balaban J connectivity index is 1.97. The number of carbonyl (C=O) groups excluding carboxylic acids is 1. The topological polar surface area (TPSA) is 98.7 Å². The number of rotatable bonds is 4. The molecule has 88 valence electrons. The van der Waals surface area contributed by atoms with Crippen molar-refractivity contribution < 1.29 is 4.79 Å². The molecule has 0 aliphatic rings. The second kappa shape index (κ2) is 4.60. The molecule has 1 amide bonds. The maximum atomic E-state index is 10.8. The molecular formula is C10H12N6O. The zero-order valence-corrected chi connectivity index (χ0v) is 9.29. The highest BCUT2D eigenvalue weighted by Crippen LogP contribution is 2.04. The normalized spacial score (nSPS) is 10.2. The summed E-state index contributed by atoms with van der Waals surface area (Å²) in [6.07, 6.45) is 1.86. The smallest absolute Gasteiger partial charge is 0.269 e. The number of primary amides is 1. The van der Waals surface area contributed by atoms with Crippen LogP contribution in [0.25, 0.3) is 0 Å². The van der Waals surface area contributed by atoms with Gasteiger partial charge in [0, 0.05) is 13.2 Å². The molecule has 0 saturated carbocycles. The molecule has 0 fully saturated rings. The van der Waals surface area contributed by atoms with Crippen molar-refractivity contribution in [2.75, 3.05) is 5.32 Å². The molecule has 2 rings (SSSR count). The van der Waals surface area contributed by atoms with Gasteiger partial charge in [-0.25, -0.2) is 0 Å². The van der Waals surface area contributed by atoms with Gasteiger partial charge in [0.1, 0.15) is 5.82 Å². The zero-order chi connectivity index (χ0) is 12.3. The lowest BCUT2D eigenvalue weighted by molar-refractivity contribution is 0.0994. The quantitative estimate of drug-likeness (QED) is 0.768. The van der Waals surface area contributed by atoms with Crippen LogP contribution in [-0.4, -0.2) is 25.9 Å². The largest absolute Gasteiger partial charge is 0.364 e. The van der Waals surface area contributed by atoms with E-state index in [-0.39, 0.29) is 5.69 Å². The van der Waals surface area contributed by atoms with Crippen LogP contribution >= 0.6 is 0 Å². The van der Waals surface area contributed by atoms with Gasteiger partial charge < -0.3 is 11.1 Å². The average Bonchev–Trinajstić information content (AvgIpc) is 2.73. The standard InChI is InChI=1S/C10H12N6O/c1-16-5-4-7(15-16)6-12-9-3-2-8(10(11)17)13-14-9/h2-5H,6H2,1H3,(H2,11,17)(H,12,14). The van der Waals surface area contributed by atoms with E-state index in [1.54, 1.807) is 10.7 Å². The van der Waals surface area contributed by atoms with E-state index in [1.165, 1.54) is 6.07 Å². The van der Waals surface area contributed by atoms with Gasteiger partial charge in [-0.15, -0.1) is 10.2 Å². The highest BCUT2D eigenvalue weighted by atomic mass is 16.1. The summed E-state index contributed by atoms with van der Waals surface area (Å²) < 4.78 is 1.72. The average molecular weight is 232 g/mol. The lowest BCUT2D eigenvalue weighted by atomic mass is 10.3. The van der Waals surface area contributed by atoms with Crippen LogP contribution in [-0.2, 0) is 13.6 Å². The number of nitrogens with two attached hydrogens (primary N) is 1. The molecule has 2 aromatic heterocycles. The Morgan fingerprint density at radius 1 is 1.41 bits per heavy atom. The molecule has 7 nitrogen and oxygen atoms in total. The predicted molar refractivity (Wildman–Crippen MR) is 61.1 cm³/mol. The number of hydrogen-bond donors (Lipinski definition) is 2. The predicted octanol–water partition coefficient (Wildman–Crippen LogP) is -0.0789. The number of amides is 1. The highest BCUT2D eigenvalue weighted by molar-refractivity contribution is 5.90. The maximum Gasteiger partial charge on any atom is 0.269 e. The number of hydrogen-bond acceptors (Lipinski definition) is 5. The van der Waals surface area contributed by atoms with Gasteiger partial charge >= 0.3 is 0 Å². The van der Waals surface area contributed by atoms with Gasteiger partial charge in [0.25, 0.3) is 5.91 Å². The van der Waals surface area contributed by atoms with E-state index in [9.17, 15) is 4.79 Å². The Kier molecular flexibility index (Phi) is 2.99. The van der Waals surface area contributed by atoms with Crippen molar-refractivity contribution in [3.63, 3.8) is 0 Å². The van der Waals surface area contributed by atoms with Gasteiger partial charge in [0.2, 0.25) is 0 Å². The van der Waals surface area contributed by atoms with E-state index in [0.717, 1.165) is 5.69 Å². The van der Waals surface area contributed by atoms with Crippen molar-refractivity contribution in [3.05, 3.63) is 35.8 Å². The second-order valence-corrected chi connectivity index (χ2v) is 3.50. The van der Waals surface area contributed by atoms with Crippen LogP contribution in [0.4, 0.5) is 5.82 Å². The molecule has 7 heteroatoms. The van der Waals surface area contributed by atoms with E-state index in [4.69, 9.17) is 5.73 Å². The zero-order valence-electron chi connectivity index (χ0n) is 9.29. The van der Waals surface area contributed by atoms with Crippen molar-refractivity contribution in [2.24, 2.45) is 12.8 Å². The number of aryl methyl sites for hydroxylation is 1. The fourth-order valence-corrected chi connectivity index (χ4v) is 1.30. The number of aromatic nitrogens is 4. The fraction of sp³-hybridized carbons (Fsp3) is 0.200. The molecule has 0 aliphatic carbocycles. The van der Waals surface area contributed by atoms with Gasteiger partial charge in [0.05, 0.1) is 12.2 Å². The molecule has 0 atom stereocenters. The summed E-state index contributed by atoms with van der Waals surface area (Å²) in [7, 11) is 1.85. The van der Waals surface area contributed by atoms with Crippen LogP contribution in [0.2, 0.25) is 0 Å². The molecule has 0 bridgehead atoms. The second-order valence-electron chi connectivity index (χ2n) is 3.50. The van der Waals surface area contributed by atoms with Gasteiger partial charge in [0.15, 0.2) is 5.69 Å². The van der Waals surface area contributed by atoms with Gasteiger partial charge in [-0.1, -0.05) is 0 Å².